The standard InChI is InChI=1S/C17H17BrN2O2S/c1-12-8-9-20(14-4-2-3-5-15(14)23-12)17(22)11-19-10-13(18)6-7-16(19)21/h2-7,10,12H,8-9,11H2,1H3. The van der Waals surface area contributed by atoms with Crippen molar-refractivity contribution in [2.75, 3.05) is 11.4 Å². The van der Waals surface area contributed by atoms with Crippen molar-refractivity contribution in [1.82, 2.24) is 4.57 Å². The zero-order valence-electron chi connectivity index (χ0n) is 12.7. The fourth-order valence-corrected chi connectivity index (χ4v) is 4.09. The largest absolute Gasteiger partial charge is 0.310 e. The Bertz CT molecular complexity index is 790. The van der Waals surface area contributed by atoms with Crippen molar-refractivity contribution < 1.29 is 4.79 Å². The fourth-order valence-electron chi connectivity index (χ4n) is 2.60. The van der Waals surface area contributed by atoms with E-state index in [9.17, 15) is 9.59 Å². The van der Waals surface area contributed by atoms with Gasteiger partial charge in [0, 0.05) is 33.4 Å². The van der Waals surface area contributed by atoms with E-state index in [0.29, 0.717) is 11.8 Å². The molecule has 6 heteroatoms. The summed E-state index contributed by atoms with van der Waals surface area (Å²) in [5.74, 6) is -0.0626. The Hall–Kier alpha value is -1.53. The van der Waals surface area contributed by atoms with Gasteiger partial charge in [0.05, 0.1) is 5.69 Å². The Morgan fingerprint density at radius 3 is 2.91 bits per heavy atom. The molecule has 0 spiro atoms. The van der Waals surface area contributed by atoms with Gasteiger partial charge in [0.1, 0.15) is 6.54 Å². The Balaban J connectivity index is 1.90. The number of para-hydroxylation sites is 1. The topological polar surface area (TPSA) is 42.3 Å². The van der Waals surface area contributed by atoms with E-state index < -0.39 is 0 Å². The van der Waals surface area contributed by atoms with Crippen LogP contribution in [0.5, 0.6) is 0 Å². The van der Waals surface area contributed by atoms with Gasteiger partial charge in [0.25, 0.3) is 5.56 Å². The number of nitrogens with zero attached hydrogens (tertiary/aromatic N) is 2. The maximum Gasteiger partial charge on any atom is 0.251 e. The number of hydrogen-bond acceptors (Lipinski definition) is 3. The second-order valence-corrected chi connectivity index (χ2v) is 7.94. The molecule has 23 heavy (non-hydrogen) atoms. The number of hydrogen-bond donors (Lipinski definition) is 0. The summed E-state index contributed by atoms with van der Waals surface area (Å²) in [6, 6.07) is 11.1. The number of carbonyl (C=O) groups is 1. The highest BCUT2D eigenvalue weighted by atomic mass is 79.9. The van der Waals surface area contributed by atoms with Crippen molar-refractivity contribution in [2.24, 2.45) is 0 Å². The van der Waals surface area contributed by atoms with Gasteiger partial charge in [0.15, 0.2) is 0 Å². The highest BCUT2D eigenvalue weighted by Gasteiger charge is 2.24. The minimum Gasteiger partial charge on any atom is -0.310 e. The summed E-state index contributed by atoms with van der Waals surface area (Å²) in [6.45, 7) is 2.90. The normalized spacial score (nSPS) is 17.5. The molecule has 1 amide bonds. The summed E-state index contributed by atoms with van der Waals surface area (Å²) in [4.78, 5) is 27.6. The highest BCUT2D eigenvalue weighted by molar-refractivity contribution is 9.10. The van der Waals surface area contributed by atoms with Crippen molar-refractivity contribution in [3.63, 3.8) is 0 Å². The van der Waals surface area contributed by atoms with Crippen LogP contribution >= 0.6 is 27.7 Å². The molecule has 1 unspecified atom stereocenters. The Labute approximate surface area is 147 Å². The van der Waals surface area contributed by atoms with Gasteiger partial charge >= 0.3 is 0 Å². The number of aromatic nitrogens is 1. The van der Waals surface area contributed by atoms with Crippen LogP contribution in [-0.2, 0) is 11.3 Å². The minimum atomic E-state index is -0.174. The van der Waals surface area contributed by atoms with E-state index in [1.165, 1.54) is 10.6 Å². The van der Waals surface area contributed by atoms with Gasteiger partial charge in [-0.1, -0.05) is 19.1 Å². The summed E-state index contributed by atoms with van der Waals surface area (Å²) in [7, 11) is 0. The van der Waals surface area contributed by atoms with Crippen molar-refractivity contribution in [1.29, 1.82) is 0 Å². The van der Waals surface area contributed by atoms with Crippen LogP contribution in [0.25, 0.3) is 0 Å². The fraction of sp³-hybridized carbons (Fsp3) is 0.294. The maximum absolute atomic E-state index is 12.8. The van der Waals surface area contributed by atoms with E-state index in [1.54, 1.807) is 28.9 Å². The molecule has 120 valence electrons. The van der Waals surface area contributed by atoms with Gasteiger partial charge in [-0.25, -0.2) is 0 Å². The van der Waals surface area contributed by atoms with Crippen LogP contribution in [0.2, 0.25) is 0 Å². The lowest BCUT2D eigenvalue weighted by atomic mass is 10.2. The minimum absolute atomic E-state index is 0.0473. The first-order valence-electron chi connectivity index (χ1n) is 7.46. The lowest BCUT2D eigenvalue weighted by molar-refractivity contribution is -0.119. The third-order valence-electron chi connectivity index (χ3n) is 3.80. The Morgan fingerprint density at radius 2 is 2.09 bits per heavy atom. The van der Waals surface area contributed by atoms with Gasteiger partial charge in [-0.05, 0) is 40.5 Å². The van der Waals surface area contributed by atoms with E-state index >= 15 is 0 Å². The first kappa shape index (κ1) is 16.3. The zero-order chi connectivity index (χ0) is 16.4. The Morgan fingerprint density at radius 1 is 1.30 bits per heavy atom. The van der Waals surface area contributed by atoms with Crippen molar-refractivity contribution in [2.45, 2.75) is 30.0 Å². The SMILES string of the molecule is CC1CCN(C(=O)Cn2cc(Br)ccc2=O)c2ccccc2S1. The maximum atomic E-state index is 12.8. The molecule has 0 saturated carbocycles. The van der Waals surface area contributed by atoms with Crippen molar-refractivity contribution in [3.8, 4) is 0 Å². The molecule has 0 bridgehead atoms. The van der Waals surface area contributed by atoms with Gasteiger partial charge in [-0.15, -0.1) is 11.8 Å². The molecule has 0 N–H and O–H groups in total. The van der Waals surface area contributed by atoms with E-state index in [2.05, 4.69) is 22.9 Å². The second kappa shape index (κ2) is 6.93. The highest BCUT2D eigenvalue weighted by Crippen LogP contribution is 2.37. The molecule has 3 rings (SSSR count). The molecule has 1 atom stereocenters. The van der Waals surface area contributed by atoms with Gasteiger partial charge in [0.2, 0.25) is 5.91 Å². The van der Waals surface area contributed by atoms with E-state index in [4.69, 9.17) is 0 Å². The lowest BCUT2D eigenvalue weighted by Crippen LogP contribution is -2.37. The third kappa shape index (κ3) is 3.70. The molecule has 0 radical (unpaired) electrons. The van der Waals surface area contributed by atoms with Crippen LogP contribution < -0.4 is 10.5 Å². The lowest BCUT2D eigenvalue weighted by Gasteiger charge is -2.23. The first-order valence-corrected chi connectivity index (χ1v) is 9.14. The summed E-state index contributed by atoms with van der Waals surface area (Å²) < 4.78 is 2.22. The zero-order valence-corrected chi connectivity index (χ0v) is 15.1. The van der Waals surface area contributed by atoms with Crippen molar-refractivity contribution >= 4 is 39.3 Å². The number of benzene rings is 1. The van der Waals surface area contributed by atoms with Crippen LogP contribution in [0.3, 0.4) is 0 Å². The van der Waals surface area contributed by atoms with E-state index in [1.807, 2.05) is 24.3 Å². The molecule has 1 aromatic carbocycles. The molecule has 2 aromatic rings. The second-order valence-electron chi connectivity index (χ2n) is 5.54. The molecular weight excluding hydrogens is 376 g/mol. The molecular formula is C17H17BrN2O2S. The number of fused-ring (bicyclic) bond motifs is 1. The molecule has 1 aliphatic rings. The molecule has 1 aromatic heterocycles. The molecule has 0 fully saturated rings. The average Bonchev–Trinajstić information content (AvgIpc) is 2.69. The summed E-state index contributed by atoms with van der Waals surface area (Å²) in [5.41, 5.74) is 0.766. The molecule has 2 heterocycles. The quantitative estimate of drug-likeness (QED) is 0.784. The van der Waals surface area contributed by atoms with Gasteiger partial charge in [-0.2, -0.15) is 0 Å². The number of amides is 1. The average molecular weight is 393 g/mol. The molecule has 0 saturated heterocycles. The molecule has 4 nitrogen and oxygen atoms in total. The summed E-state index contributed by atoms with van der Waals surface area (Å²) >= 11 is 5.14. The number of rotatable bonds is 2. The van der Waals surface area contributed by atoms with Crippen LogP contribution in [0.4, 0.5) is 5.69 Å². The monoisotopic (exact) mass is 392 g/mol. The number of anilines is 1. The predicted molar refractivity (Wildman–Crippen MR) is 97.1 cm³/mol. The first-order chi connectivity index (χ1) is 11.0. The number of pyridine rings is 1. The third-order valence-corrected chi connectivity index (χ3v) is 5.50. The number of halogens is 1. The smallest absolute Gasteiger partial charge is 0.251 e. The number of thioether (sulfide) groups is 1. The summed E-state index contributed by atoms with van der Waals surface area (Å²) in [5, 5.41) is 0.461. The van der Waals surface area contributed by atoms with Crippen LogP contribution in [0, 0.1) is 0 Å². The van der Waals surface area contributed by atoms with Crippen LogP contribution in [0.1, 0.15) is 13.3 Å². The van der Waals surface area contributed by atoms with Crippen LogP contribution in [0.15, 0.2) is 56.8 Å². The van der Waals surface area contributed by atoms with Gasteiger partial charge in [-0.3, -0.25) is 9.59 Å². The van der Waals surface area contributed by atoms with E-state index in [-0.39, 0.29) is 18.0 Å². The van der Waals surface area contributed by atoms with Crippen molar-refractivity contribution in [3.05, 3.63) is 57.4 Å². The van der Waals surface area contributed by atoms with Crippen LogP contribution in [-0.4, -0.2) is 22.3 Å². The summed E-state index contributed by atoms with van der Waals surface area (Å²) in [6.07, 6.45) is 2.58. The van der Waals surface area contributed by atoms with E-state index in [0.717, 1.165) is 21.5 Å². The Kier molecular flexibility index (Phi) is 4.92. The predicted octanol–water partition coefficient (Wildman–Crippen LogP) is 3.53. The number of carbonyl (C=O) groups excluding carboxylic acids is 1. The van der Waals surface area contributed by atoms with Gasteiger partial charge < -0.3 is 9.47 Å². The molecule has 1 aliphatic heterocycles. The molecule has 0 aliphatic carbocycles.